The van der Waals surface area contributed by atoms with E-state index in [1.807, 2.05) is 6.92 Å². The quantitative estimate of drug-likeness (QED) is 0.369. The summed E-state index contributed by atoms with van der Waals surface area (Å²) in [6.45, 7) is 3.69. The Bertz CT molecular complexity index is 87.0. The maximum Gasteiger partial charge on any atom is 1.00 e. The van der Waals surface area contributed by atoms with Gasteiger partial charge in [0.05, 0.1) is 0 Å². The molecule has 0 saturated heterocycles. The van der Waals surface area contributed by atoms with Gasteiger partial charge in [-0.05, 0) is 6.42 Å². The molecule has 0 heterocycles. The molecule has 0 radical (unpaired) electrons. The standard InChI is InChI=1S/C5H12O2S.K/c1-3-4-5(2)8(6)7;/h5H,3-4H2,1-2H3,(H,6,7);/q;+1/p-1. The average Bonchev–Trinajstić information content (AvgIpc) is 1.67. The molecule has 2 atom stereocenters. The van der Waals surface area contributed by atoms with Crippen LogP contribution in [0.3, 0.4) is 0 Å². The van der Waals surface area contributed by atoms with E-state index in [1.165, 1.54) is 0 Å². The van der Waals surface area contributed by atoms with Crippen molar-refractivity contribution in [3.8, 4) is 0 Å². The van der Waals surface area contributed by atoms with Gasteiger partial charge >= 0.3 is 51.4 Å². The predicted octanol–water partition coefficient (Wildman–Crippen LogP) is -1.94. The van der Waals surface area contributed by atoms with Crippen LogP contribution in [0.2, 0.25) is 0 Å². The van der Waals surface area contributed by atoms with E-state index < -0.39 is 11.1 Å². The minimum Gasteiger partial charge on any atom is -0.772 e. The molecule has 0 bridgehead atoms. The molecule has 0 spiro atoms. The molecule has 50 valence electrons. The van der Waals surface area contributed by atoms with Crippen LogP contribution in [-0.2, 0) is 11.1 Å². The fraction of sp³-hybridized carbons (Fsp3) is 1.00. The van der Waals surface area contributed by atoms with Crippen molar-refractivity contribution < 1.29 is 60.1 Å². The van der Waals surface area contributed by atoms with E-state index in [-0.39, 0.29) is 56.6 Å². The summed E-state index contributed by atoms with van der Waals surface area (Å²) in [6.07, 6.45) is 1.71. The average molecular weight is 174 g/mol. The van der Waals surface area contributed by atoms with Crippen LogP contribution in [0.15, 0.2) is 0 Å². The first-order valence-corrected chi connectivity index (χ1v) is 3.90. The third kappa shape index (κ3) is 7.65. The van der Waals surface area contributed by atoms with Gasteiger partial charge in [0.1, 0.15) is 0 Å². The van der Waals surface area contributed by atoms with Crippen molar-refractivity contribution in [3.05, 3.63) is 0 Å². The maximum absolute atomic E-state index is 10.1. The van der Waals surface area contributed by atoms with E-state index in [9.17, 15) is 8.76 Å². The summed E-state index contributed by atoms with van der Waals surface area (Å²) in [5.74, 6) is 0. The molecule has 0 aromatic heterocycles. The van der Waals surface area contributed by atoms with Crippen molar-refractivity contribution in [2.24, 2.45) is 0 Å². The fourth-order valence-corrected chi connectivity index (χ4v) is 0.931. The van der Waals surface area contributed by atoms with Crippen molar-refractivity contribution >= 4 is 11.1 Å². The molecular formula is C5H11KO2S. The van der Waals surface area contributed by atoms with Crippen LogP contribution in [0.4, 0.5) is 0 Å². The summed E-state index contributed by atoms with van der Waals surface area (Å²) < 4.78 is 20.2. The monoisotopic (exact) mass is 174 g/mol. The second kappa shape index (κ2) is 7.85. The Morgan fingerprint density at radius 1 is 1.67 bits per heavy atom. The molecule has 0 rings (SSSR count). The summed E-state index contributed by atoms with van der Waals surface area (Å²) in [5.41, 5.74) is 0. The van der Waals surface area contributed by atoms with E-state index in [1.54, 1.807) is 6.92 Å². The smallest absolute Gasteiger partial charge is 0.772 e. The Morgan fingerprint density at radius 2 is 2.11 bits per heavy atom. The largest absolute Gasteiger partial charge is 1.00 e. The van der Waals surface area contributed by atoms with E-state index >= 15 is 0 Å². The molecular weight excluding hydrogens is 163 g/mol. The number of hydrogen-bond acceptors (Lipinski definition) is 2. The van der Waals surface area contributed by atoms with E-state index in [4.69, 9.17) is 0 Å². The summed E-state index contributed by atoms with van der Waals surface area (Å²) in [7, 11) is 0. The first-order valence-electron chi connectivity index (χ1n) is 2.76. The molecule has 0 aliphatic heterocycles. The zero-order valence-electron chi connectivity index (χ0n) is 6.22. The molecule has 2 nitrogen and oxygen atoms in total. The van der Waals surface area contributed by atoms with Crippen LogP contribution in [0.5, 0.6) is 0 Å². The minimum atomic E-state index is -1.86. The van der Waals surface area contributed by atoms with Crippen molar-refractivity contribution in [1.82, 2.24) is 0 Å². The Labute approximate surface area is 101 Å². The molecule has 0 saturated carbocycles. The van der Waals surface area contributed by atoms with Gasteiger partial charge in [-0.1, -0.05) is 31.3 Å². The molecule has 0 amide bonds. The topological polar surface area (TPSA) is 40.1 Å². The summed E-state index contributed by atoms with van der Waals surface area (Å²) >= 11 is -1.86. The van der Waals surface area contributed by atoms with Gasteiger partial charge in [-0.25, -0.2) is 0 Å². The zero-order valence-corrected chi connectivity index (χ0v) is 10.2. The summed E-state index contributed by atoms with van der Waals surface area (Å²) in [4.78, 5) is 0. The van der Waals surface area contributed by atoms with Gasteiger partial charge in [0.15, 0.2) is 0 Å². The van der Waals surface area contributed by atoms with Gasteiger partial charge in [-0.2, -0.15) is 0 Å². The Morgan fingerprint density at radius 3 is 2.22 bits per heavy atom. The van der Waals surface area contributed by atoms with Gasteiger partial charge < -0.3 is 4.55 Å². The Kier molecular flexibility index (Phi) is 11.6. The van der Waals surface area contributed by atoms with Gasteiger partial charge in [0.25, 0.3) is 0 Å². The van der Waals surface area contributed by atoms with Crippen molar-refractivity contribution in [2.75, 3.05) is 0 Å². The minimum absolute atomic E-state index is 0. The summed E-state index contributed by atoms with van der Waals surface area (Å²) in [6, 6.07) is 0. The second-order valence-electron chi connectivity index (χ2n) is 1.86. The molecule has 0 aliphatic rings. The van der Waals surface area contributed by atoms with Crippen LogP contribution < -0.4 is 51.4 Å². The van der Waals surface area contributed by atoms with Crippen LogP contribution >= 0.6 is 0 Å². The van der Waals surface area contributed by atoms with Crippen LogP contribution in [0.25, 0.3) is 0 Å². The van der Waals surface area contributed by atoms with Gasteiger partial charge in [0.2, 0.25) is 0 Å². The molecule has 0 aliphatic carbocycles. The van der Waals surface area contributed by atoms with Crippen molar-refractivity contribution in [1.29, 1.82) is 0 Å². The van der Waals surface area contributed by atoms with E-state index in [0.717, 1.165) is 12.8 Å². The van der Waals surface area contributed by atoms with Crippen LogP contribution in [0, 0.1) is 0 Å². The molecule has 0 aromatic rings. The molecule has 9 heavy (non-hydrogen) atoms. The molecule has 0 N–H and O–H groups in total. The first kappa shape index (κ1) is 13.3. The molecule has 4 heteroatoms. The third-order valence-electron chi connectivity index (χ3n) is 1.02. The van der Waals surface area contributed by atoms with E-state index in [2.05, 4.69) is 0 Å². The maximum atomic E-state index is 10.1. The summed E-state index contributed by atoms with van der Waals surface area (Å²) in [5, 5.41) is -0.167. The van der Waals surface area contributed by atoms with Gasteiger partial charge in [0, 0.05) is 5.25 Å². The van der Waals surface area contributed by atoms with Crippen LogP contribution in [-0.4, -0.2) is 14.0 Å². The van der Waals surface area contributed by atoms with Crippen molar-refractivity contribution in [3.63, 3.8) is 0 Å². The number of hydrogen-bond donors (Lipinski definition) is 0. The molecule has 2 unspecified atom stereocenters. The normalized spacial score (nSPS) is 15.9. The number of rotatable bonds is 3. The van der Waals surface area contributed by atoms with Crippen LogP contribution in [0.1, 0.15) is 26.7 Å². The van der Waals surface area contributed by atoms with Crippen molar-refractivity contribution in [2.45, 2.75) is 31.9 Å². The molecule has 0 aromatic carbocycles. The van der Waals surface area contributed by atoms with E-state index in [0.29, 0.717) is 0 Å². The second-order valence-corrected chi connectivity index (χ2v) is 3.19. The Hall–Kier alpha value is 1.75. The SMILES string of the molecule is CCCC(C)S(=O)[O-].[K+]. The Balaban J connectivity index is 0. The molecule has 0 fully saturated rings. The zero-order chi connectivity index (χ0) is 6.57. The fourth-order valence-electron chi connectivity index (χ4n) is 0.503. The van der Waals surface area contributed by atoms with Gasteiger partial charge in [-0.3, -0.25) is 4.21 Å². The van der Waals surface area contributed by atoms with Gasteiger partial charge in [-0.15, -0.1) is 0 Å². The predicted molar refractivity (Wildman–Crippen MR) is 33.3 cm³/mol. The first-order chi connectivity index (χ1) is 3.68. The third-order valence-corrected chi connectivity index (χ3v) is 1.92.